The molecule has 126 valence electrons. The summed E-state index contributed by atoms with van der Waals surface area (Å²) in [4.78, 5) is 24.3. The minimum Gasteiger partial charge on any atom is -0.493 e. The van der Waals surface area contributed by atoms with Crippen molar-refractivity contribution < 1.29 is 28.5 Å². The largest absolute Gasteiger partial charge is 0.493 e. The molecule has 0 N–H and O–H groups in total. The summed E-state index contributed by atoms with van der Waals surface area (Å²) in [5.74, 6) is 0.935. The van der Waals surface area contributed by atoms with Gasteiger partial charge < -0.3 is 23.8 Å². The summed E-state index contributed by atoms with van der Waals surface area (Å²) in [5, 5.41) is 0. The zero-order valence-electron chi connectivity index (χ0n) is 13.5. The quantitative estimate of drug-likeness (QED) is 0.555. The third kappa shape index (κ3) is 3.85. The Kier molecular flexibility index (Phi) is 5.67. The molecule has 1 fully saturated rings. The van der Waals surface area contributed by atoms with Crippen LogP contribution in [-0.2, 0) is 20.9 Å². The van der Waals surface area contributed by atoms with Gasteiger partial charge in [-0.1, -0.05) is 0 Å². The van der Waals surface area contributed by atoms with Crippen LogP contribution in [0.4, 0.5) is 0 Å². The topological polar surface area (TPSA) is 74.3 Å². The zero-order chi connectivity index (χ0) is 16.8. The molecule has 0 aromatic heterocycles. The van der Waals surface area contributed by atoms with Crippen LogP contribution >= 0.6 is 0 Å². The number of hydrogen-bond donors (Lipinski definition) is 0. The maximum atomic E-state index is 12.1. The van der Waals surface area contributed by atoms with Gasteiger partial charge in [-0.25, -0.2) is 0 Å². The first-order valence-electron chi connectivity index (χ1n) is 7.27. The Morgan fingerprint density at radius 1 is 1.22 bits per heavy atom. The summed E-state index contributed by atoms with van der Waals surface area (Å²) in [7, 11) is 4.58. The third-order valence-electron chi connectivity index (χ3n) is 3.81. The van der Waals surface area contributed by atoms with Crippen molar-refractivity contribution in [1.29, 1.82) is 0 Å². The van der Waals surface area contributed by atoms with Crippen LogP contribution < -0.4 is 14.2 Å². The maximum absolute atomic E-state index is 12.1. The van der Waals surface area contributed by atoms with Crippen molar-refractivity contribution in [2.24, 2.45) is 5.92 Å². The lowest BCUT2D eigenvalue weighted by atomic mass is 10.1. The fourth-order valence-electron chi connectivity index (χ4n) is 2.57. The molecule has 7 nitrogen and oxygen atoms in total. The Hall–Kier alpha value is -2.44. The summed E-state index contributed by atoms with van der Waals surface area (Å²) in [6.07, 6.45) is 1.39. The molecule has 1 saturated heterocycles. The van der Waals surface area contributed by atoms with Gasteiger partial charge in [-0.15, -0.1) is 0 Å². The molecule has 1 aromatic carbocycles. The van der Waals surface area contributed by atoms with Gasteiger partial charge >= 0.3 is 5.97 Å². The lowest BCUT2D eigenvalue weighted by molar-refractivity contribution is -0.149. The van der Waals surface area contributed by atoms with Crippen molar-refractivity contribution in [3.63, 3.8) is 0 Å². The standard InChI is InChI=1S/C16H21NO6/c1-20-13-6-11(7-14(21-2)15(13)22-3)9-23-16(19)12-4-5-17(8-12)10-18/h6-7,10,12H,4-5,8-9H2,1-3H3. The molecule has 23 heavy (non-hydrogen) atoms. The number of likely N-dealkylation sites (tertiary alicyclic amines) is 1. The van der Waals surface area contributed by atoms with Crippen LogP contribution in [0.1, 0.15) is 12.0 Å². The van der Waals surface area contributed by atoms with Gasteiger partial charge in [-0.2, -0.15) is 0 Å². The number of esters is 1. The van der Waals surface area contributed by atoms with Gasteiger partial charge in [0.2, 0.25) is 12.2 Å². The average Bonchev–Trinajstić information content (AvgIpc) is 3.07. The number of rotatable bonds is 7. The molecule has 1 aliphatic rings. The molecule has 2 rings (SSSR count). The molecule has 1 aliphatic heterocycles. The first-order chi connectivity index (χ1) is 11.1. The highest BCUT2D eigenvalue weighted by Crippen LogP contribution is 2.38. The molecule has 1 heterocycles. The van der Waals surface area contributed by atoms with E-state index in [1.165, 1.54) is 21.3 Å². The summed E-state index contributed by atoms with van der Waals surface area (Å²) >= 11 is 0. The second-order valence-corrected chi connectivity index (χ2v) is 5.23. The lowest BCUT2D eigenvalue weighted by Gasteiger charge is -2.15. The van der Waals surface area contributed by atoms with Gasteiger partial charge in [0.1, 0.15) is 6.61 Å². The second kappa shape index (κ2) is 7.71. The Morgan fingerprint density at radius 3 is 2.35 bits per heavy atom. The van der Waals surface area contributed by atoms with E-state index in [-0.39, 0.29) is 18.5 Å². The highest BCUT2D eigenvalue weighted by molar-refractivity contribution is 5.73. The van der Waals surface area contributed by atoms with Gasteiger partial charge in [0.15, 0.2) is 11.5 Å². The number of nitrogens with zero attached hydrogens (tertiary/aromatic N) is 1. The van der Waals surface area contributed by atoms with Crippen molar-refractivity contribution in [1.82, 2.24) is 4.90 Å². The van der Waals surface area contributed by atoms with E-state index >= 15 is 0 Å². The van der Waals surface area contributed by atoms with Crippen LogP contribution in [0.3, 0.4) is 0 Å². The second-order valence-electron chi connectivity index (χ2n) is 5.23. The zero-order valence-corrected chi connectivity index (χ0v) is 13.5. The molecule has 0 aliphatic carbocycles. The number of carbonyl (C=O) groups excluding carboxylic acids is 2. The van der Waals surface area contributed by atoms with Gasteiger partial charge in [-0.05, 0) is 24.1 Å². The number of methoxy groups -OCH3 is 3. The number of hydrogen-bond acceptors (Lipinski definition) is 6. The number of ether oxygens (including phenoxy) is 4. The van der Waals surface area contributed by atoms with Gasteiger partial charge in [-0.3, -0.25) is 9.59 Å². The van der Waals surface area contributed by atoms with Crippen molar-refractivity contribution in [2.45, 2.75) is 13.0 Å². The highest BCUT2D eigenvalue weighted by Gasteiger charge is 2.28. The Labute approximate surface area is 135 Å². The van der Waals surface area contributed by atoms with E-state index in [0.717, 1.165) is 12.0 Å². The van der Waals surface area contributed by atoms with E-state index in [2.05, 4.69) is 0 Å². The molecular weight excluding hydrogens is 302 g/mol. The van der Waals surface area contributed by atoms with E-state index in [1.54, 1.807) is 17.0 Å². The van der Waals surface area contributed by atoms with Crippen molar-refractivity contribution in [3.05, 3.63) is 17.7 Å². The molecule has 0 saturated carbocycles. The number of benzene rings is 1. The molecule has 7 heteroatoms. The van der Waals surface area contributed by atoms with Crippen LogP contribution in [-0.4, -0.2) is 51.7 Å². The third-order valence-corrected chi connectivity index (χ3v) is 3.81. The van der Waals surface area contributed by atoms with Gasteiger partial charge in [0, 0.05) is 13.1 Å². The van der Waals surface area contributed by atoms with Crippen LogP contribution in [0.25, 0.3) is 0 Å². The predicted octanol–water partition coefficient (Wildman–Crippen LogP) is 1.23. The number of carbonyl (C=O) groups is 2. The molecule has 0 spiro atoms. The number of amides is 1. The molecule has 1 unspecified atom stereocenters. The molecule has 0 bridgehead atoms. The molecule has 1 aromatic rings. The van der Waals surface area contributed by atoms with E-state index in [0.29, 0.717) is 36.8 Å². The molecule has 0 radical (unpaired) electrons. The van der Waals surface area contributed by atoms with Crippen LogP contribution in [0, 0.1) is 5.92 Å². The molecular formula is C16H21NO6. The molecule has 1 atom stereocenters. The highest BCUT2D eigenvalue weighted by atomic mass is 16.5. The Balaban J connectivity index is 2.03. The summed E-state index contributed by atoms with van der Waals surface area (Å²) in [6, 6.07) is 3.47. The molecule has 1 amide bonds. The van der Waals surface area contributed by atoms with Crippen molar-refractivity contribution >= 4 is 12.4 Å². The SMILES string of the molecule is COc1cc(COC(=O)C2CCN(C=O)C2)cc(OC)c1OC. The fourth-order valence-corrected chi connectivity index (χ4v) is 2.57. The minimum atomic E-state index is -0.303. The van der Waals surface area contributed by atoms with E-state index in [1.807, 2.05) is 0 Å². The van der Waals surface area contributed by atoms with Crippen LogP contribution in [0.15, 0.2) is 12.1 Å². The smallest absolute Gasteiger partial charge is 0.311 e. The van der Waals surface area contributed by atoms with E-state index < -0.39 is 0 Å². The Morgan fingerprint density at radius 2 is 1.87 bits per heavy atom. The predicted molar refractivity (Wildman–Crippen MR) is 81.6 cm³/mol. The minimum absolute atomic E-state index is 0.104. The summed E-state index contributed by atoms with van der Waals surface area (Å²) in [5.41, 5.74) is 0.734. The van der Waals surface area contributed by atoms with Gasteiger partial charge in [0.05, 0.1) is 27.2 Å². The average molecular weight is 323 g/mol. The first-order valence-corrected chi connectivity index (χ1v) is 7.27. The van der Waals surface area contributed by atoms with E-state index in [4.69, 9.17) is 18.9 Å². The lowest BCUT2D eigenvalue weighted by Crippen LogP contribution is -2.23. The van der Waals surface area contributed by atoms with E-state index in [9.17, 15) is 9.59 Å². The van der Waals surface area contributed by atoms with Crippen LogP contribution in [0.5, 0.6) is 17.2 Å². The fraction of sp³-hybridized carbons (Fsp3) is 0.500. The van der Waals surface area contributed by atoms with Crippen molar-refractivity contribution in [3.8, 4) is 17.2 Å². The van der Waals surface area contributed by atoms with Crippen LogP contribution in [0.2, 0.25) is 0 Å². The van der Waals surface area contributed by atoms with Gasteiger partial charge in [0.25, 0.3) is 0 Å². The summed E-state index contributed by atoms with van der Waals surface area (Å²) < 4.78 is 21.1. The summed E-state index contributed by atoms with van der Waals surface area (Å²) in [6.45, 7) is 1.11. The Bertz CT molecular complexity index is 549. The maximum Gasteiger partial charge on any atom is 0.311 e. The first kappa shape index (κ1) is 16.9. The van der Waals surface area contributed by atoms with Crippen molar-refractivity contribution in [2.75, 3.05) is 34.4 Å². The normalized spacial score (nSPS) is 16.8. The monoisotopic (exact) mass is 323 g/mol.